The van der Waals surface area contributed by atoms with E-state index < -0.39 is 0 Å². The molecule has 0 bridgehead atoms. The quantitative estimate of drug-likeness (QED) is 0.564. The van der Waals surface area contributed by atoms with E-state index in [1.165, 1.54) is 6.07 Å². The van der Waals surface area contributed by atoms with Crippen molar-refractivity contribution in [3.63, 3.8) is 0 Å². The molecule has 6 heteroatoms. The SMILES string of the molecule is CCOc1cc(/C=C2/NC(=S)NC2=O)ccc1O. The highest BCUT2D eigenvalue weighted by atomic mass is 32.1. The van der Waals surface area contributed by atoms with Gasteiger partial charge in [-0.1, -0.05) is 6.07 Å². The van der Waals surface area contributed by atoms with Crippen molar-refractivity contribution in [2.75, 3.05) is 6.61 Å². The molecule has 1 amide bonds. The number of aromatic hydroxyl groups is 1. The Bertz CT molecular complexity index is 540. The van der Waals surface area contributed by atoms with Crippen LogP contribution in [-0.4, -0.2) is 22.7 Å². The summed E-state index contributed by atoms with van der Waals surface area (Å²) in [6, 6.07) is 4.85. The monoisotopic (exact) mass is 264 g/mol. The molecule has 1 aliphatic rings. The highest BCUT2D eigenvalue weighted by molar-refractivity contribution is 7.80. The Kier molecular flexibility index (Phi) is 3.47. The van der Waals surface area contributed by atoms with Crippen molar-refractivity contribution in [2.45, 2.75) is 6.92 Å². The molecule has 1 saturated heterocycles. The summed E-state index contributed by atoms with van der Waals surface area (Å²) in [4.78, 5) is 11.5. The first kappa shape index (κ1) is 12.4. The zero-order valence-electron chi connectivity index (χ0n) is 9.69. The van der Waals surface area contributed by atoms with Gasteiger partial charge in [-0.05, 0) is 42.9 Å². The molecule has 1 fully saturated rings. The number of carbonyl (C=O) groups is 1. The van der Waals surface area contributed by atoms with Crippen LogP contribution in [0.25, 0.3) is 6.08 Å². The molecule has 94 valence electrons. The lowest BCUT2D eigenvalue weighted by Gasteiger charge is -2.06. The van der Waals surface area contributed by atoms with Gasteiger partial charge in [-0.25, -0.2) is 0 Å². The zero-order valence-corrected chi connectivity index (χ0v) is 10.5. The second kappa shape index (κ2) is 5.05. The number of hydrogen-bond acceptors (Lipinski definition) is 4. The average Bonchev–Trinajstić information content (AvgIpc) is 2.62. The van der Waals surface area contributed by atoms with Crippen molar-refractivity contribution < 1.29 is 14.6 Å². The third-order valence-electron chi connectivity index (χ3n) is 2.31. The fourth-order valence-corrected chi connectivity index (χ4v) is 1.74. The maximum Gasteiger partial charge on any atom is 0.273 e. The van der Waals surface area contributed by atoms with Crippen LogP contribution in [0.4, 0.5) is 0 Å². The fraction of sp³-hybridized carbons (Fsp3) is 0.167. The first-order valence-electron chi connectivity index (χ1n) is 5.40. The first-order valence-corrected chi connectivity index (χ1v) is 5.81. The van der Waals surface area contributed by atoms with Gasteiger partial charge in [-0.3, -0.25) is 10.1 Å². The average molecular weight is 264 g/mol. The second-order valence-electron chi connectivity index (χ2n) is 3.63. The van der Waals surface area contributed by atoms with Crippen LogP contribution in [0.2, 0.25) is 0 Å². The van der Waals surface area contributed by atoms with E-state index in [1.807, 2.05) is 6.92 Å². The summed E-state index contributed by atoms with van der Waals surface area (Å²) in [6.07, 6.45) is 1.64. The van der Waals surface area contributed by atoms with Crippen molar-refractivity contribution in [3.8, 4) is 11.5 Å². The maximum absolute atomic E-state index is 11.5. The largest absolute Gasteiger partial charge is 0.504 e. The van der Waals surface area contributed by atoms with Gasteiger partial charge in [0.25, 0.3) is 5.91 Å². The molecule has 18 heavy (non-hydrogen) atoms. The molecule has 3 N–H and O–H groups in total. The van der Waals surface area contributed by atoms with E-state index in [9.17, 15) is 9.90 Å². The van der Waals surface area contributed by atoms with Gasteiger partial charge < -0.3 is 15.2 Å². The van der Waals surface area contributed by atoms with Crippen LogP contribution in [0.3, 0.4) is 0 Å². The molecule has 1 heterocycles. The second-order valence-corrected chi connectivity index (χ2v) is 4.03. The summed E-state index contributed by atoms with van der Waals surface area (Å²) in [6.45, 7) is 2.28. The van der Waals surface area contributed by atoms with Crippen molar-refractivity contribution in [3.05, 3.63) is 29.5 Å². The third kappa shape index (κ3) is 2.60. The van der Waals surface area contributed by atoms with Crippen LogP contribution in [-0.2, 0) is 4.79 Å². The molecule has 1 aromatic rings. The van der Waals surface area contributed by atoms with Crippen LogP contribution in [0, 0.1) is 0 Å². The Morgan fingerprint density at radius 2 is 2.22 bits per heavy atom. The molecule has 5 nitrogen and oxygen atoms in total. The van der Waals surface area contributed by atoms with Crippen molar-refractivity contribution in [1.82, 2.24) is 10.6 Å². The third-order valence-corrected chi connectivity index (χ3v) is 2.52. The van der Waals surface area contributed by atoms with Crippen LogP contribution < -0.4 is 15.4 Å². The van der Waals surface area contributed by atoms with Gasteiger partial charge in [-0.15, -0.1) is 0 Å². The number of rotatable bonds is 3. The number of thiocarbonyl (C=S) groups is 1. The van der Waals surface area contributed by atoms with E-state index in [4.69, 9.17) is 17.0 Å². The molecule has 1 aromatic carbocycles. The number of nitrogens with one attached hydrogen (secondary N) is 2. The summed E-state index contributed by atoms with van der Waals surface area (Å²) >= 11 is 4.83. The molecule has 0 aromatic heterocycles. The lowest BCUT2D eigenvalue weighted by molar-refractivity contribution is -0.115. The van der Waals surface area contributed by atoms with E-state index in [0.717, 1.165) is 5.56 Å². The number of hydrogen-bond donors (Lipinski definition) is 3. The molecule has 0 radical (unpaired) electrons. The van der Waals surface area contributed by atoms with E-state index in [1.54, 1.807) is 18.2 Å². The van der Waals surface area contributed by atoms with Gasteiger partial charge >= 0.3 is 0 Å². The molecule has 0 spiro atoms. The van der Waals surface area contributed by atoms with Gasteiger partial charge in [0, 0.05) is 0 Å². The number of amides is 1. The van der Waals surface area contributed by atoms with E-state index >= 15 is 0 Å². The normalized spacial score (nSPS) is 16.6. The van der Waals surface area contributed by atoms with E-state index in [0.29, 0.717) is 18.1 Å². The van der Waals surface area contributed by atoms with Gasteiger partial charge in [0.05, 0.1) is 6.61 Å². The Labute approximate surface area is 109 Å². The minimum absolute atomic E-state index is 0.0679. The lowest BCUT2D eigenvalue weighted by atomic mass is 10.1. The minimum Gasteiger partial charge on any atom is -0.504 e. The van der Waals surface area contributed by atoms with Gasteiger partial charge in [0.15, 0.2) is 16.6 Å². The molecule has 2 rings (SSSR count). The van der Waals surface area contributed by atoms with Crippen LogP contribution in [0.5, 0.6) is 11.5 Å². The molecule has 0 saturated carbocycles. The highest BCUT2D eigenvalue weighted by Gasteiger charge is 2.19. The molecule has 0 unspecified atom stereocenters. The van der Waals surface area contributed by atoms with Crippen LogP contribution >= 0.6 is 12.2 Å². The van der Waals surface area contributed by atoms with Crippen molar-refractivity contribution >= 4 is 29.3 Å². The van der Waals surface area contributed by atoms with Gasteiger partial charge in [0.2, 0.25) is 0 Å². The predicted molar refractivity (Wildman–Crippen MR) is 71.1 cm³/mol. The Hall–Kier alpha value is -2.08. The zero-order chi connectivity index (χ0) is 13.1. The number of ether oxygens (including phenoxy) is 1. The predicted octanol–water partition coefficient (Wildman–Crippen LogP) is 1.14. The van der Waals surface area contributed by atoms with Gasteiger partial charge in [-0.2, -0.15) is 0 Å². The summed E-state index contributed by atoms with van der Waals surface area (Å²) in [5, 5.41) is 15.1. The summed E-state index contributed by atoms with van der Waals surface area (Å²) in [5.74, 6) is 0.178. The molecular formula is C12H12N2O3S. The summed E-state index contributed by atoms with van der Waals surface area (Å²) in [7, 11) is 0. The molecular weight excluding hydrogens is 252 g/mol. The minimum atomic E-state index is -0.272. The maximum atomic E-state index is 11.5. The summed E-state index contributed by atoms with van der Waals surface area (Å²) in [5.41, 5.74) is 1.10. The fourth-order valence-electron chi connectivity index (χ4n) is 1.54. The molecule has 0 aliphatic carbocycles. The van der Waals surface area contributed by atoms with Crippen LogP contribution in [0.1, 0.15) is 12.5 Å². The number of phenols is 1. The number of benzene rings is 1. The smallest absolute Gasteiger partial charge is 0.273 e. The topological polar surface area (TPSA) is 70.6 Å². The van der Waals surface area contributed by atoms with Crippen molar-refractivity contribution in [2.24, 2.45) is 0 Å². The van der Waals surface area contributed by atoms with E-state index in [2.05, 4.69) is 10.6 Å². The van der Waals surface area contributed by atoms with Crippen LogP contribution in [0.15, 0.2) is 23.9 Å². The lowest BCUT2D eigenvalue weighted by Crippen LogP contribution is -2.21. The number of carbonyl (C=O) groups excluding carboxylic acids is 1. The number of phenolic OH excluding ortho intramolecular Hbond substituents is 1. The Morgan fingerprint density at radius 3 is 2.83 bits per heavy atom. The van der Waals surface area contributed by atoms with Gasteiger partial charge in [0.1, 0.15) is 5.70 Å². The standard InChI is InChI=1S/C12H12N2O3S/c1-2-17-10-6-7(3-4-9(10)15)5-8-11(16)14-12(18)13-8/h3-6,15H,2H2,1H3,(H2,13,14,16,18)/b8-5+. The Morgan fingerprint density at radius 1 is 1.44 bits per heavy atom. The van der Waals surface area contributed by atoms with Crippen molar-refractivity contribution in [1.29, 1.82) is 0 Å². The Balaban J connectivity index is 2.29. The summed E-state index contributed by atoms with van der Waals surface area (Å²) < 4.78 is 5.26. The van der Waals surface area contributed by atoms with E-state index in [-0.39, 0.29) is 16.8 Å². The molecule has 0 atom stereocenters. The highest BCUT2D eigenvalue weighted by Crippen LogP contribution is 2.27. The first-order chi connectivity index (χ1) is 8.60. The molecule has 1 aliphatic heterocycles.